The molecule has 132 valence electrons. The zero-order valence-corrected chi connectivity index (χ0v) is 14.1. The SMILES string of the molecule is COC(=O)NC(=O)C[C@H](COCc1ccccc1)Nc1ccccc1. The van der Waals surface area contributed by atoms with Gasteiger partial charge in [0.15, 0.2) is 0 Å². The van der Waals surface area contributed by atoms with Crippen LogP contribution >= 0.6 is 0 Å². The first-order valence-electron chi connectivity index (χ1n) is 7.98. The molecule has 0 aliphatic heterocycles. The van der Waals surface area contributed by atoms with E-state index in [0.29, 0.717) is 13.2 Å². The van der Waals surface area contributed by atoms with Crippen LogP contribution in [0.3, 0.4) is 0 Å². The Labute approximate surface area is 147 Å². The number of anilines is 1. The van der Waals surface area contributed by atoms with Gasteiger partial charge in [0.05, 0.1) is 26.4 Å². The molecule has 0 unspecified atom stereocenters. The Kier molecular flexibility index (Phi) is 7.46. The summed E-state index contributed by atoms with van der Waals surface area (Å²) in [4.78, 5) is 23.1. The van der Waals surface area contributed by atoms with Gasteiger partial charge in [-0.1, -0.05) is 48.5 Å². The van der Waals surface area contributed by atoms with Crippen LogP contribution in [0.5, 0.6) is 0 Å². The smallest absolute Gasteiger partial charge is 0.413 e. The van der Waals surface area contributed by atoms with E-state index in [4.69, 9.17) is 4.74 Å². The van der Waals surface area contributed by atoms with Crippen LogP contribution in [0.15, 0.2) is 60.7 Å². The van der Waals surface area contributed by atoms with Crippen LogP contribution in [0.1, 0.15) is 12.0 Å². The lowest BCUT2D eigenvalue weighted by atomic mass is 10.2. The Bertz CT molecular complexity index is 662. The predicted molar refractivity (Wildman–Crippen MR) is 95.1 cm³/mol. The molecule has 0 aliphatic rings. The highest BCUT2D eigenvalue weighted by Gasteiger charge is 2.16. The van der Waals surface area contributed by atoms with Gasteiger partial charge in [-0.2, -0.15) is 0 Å². The van der Waals surface area contributed by atoms with Crippen LogP contribution < -0.4 is 10.6 Å². The fraction of sp³-hybridized carbons (Fsp3) is 0.263. The Morgan fingerprint density at radius 3 is 2.28 bits per heavy atom. The minimum atomic E-state index is -0.770. The monoisotopic (exact) mass is 342 g/mol. The molecule has 0 aliphatic carbocycles. The molecule has 0 spiro atoms. The van der Waals surface area contributed by atoms with Crippen molar-refractivity contribution < 1.29 is 19.1 Å². The summed E-state index contributed by atoms with van der Waals surface area (Å²) in [6, 6.07) is 19.0. The molecule has 2 amide bonds. The van der Waals surface area contributed by atoms with Crippen molar-refractivity contribution in [2.75, 3.05) is 19.0 Å². The Balaban J connectivity index is 1.91. The Hall–Kier alpha value is -2.86. The van der Waals surface area contributed by atoms with Crippen molar-refractivity contribution in [1.82, 2.24) is 5.32 Å². The van der Waals surface area contributed by atoms with Gasteiger partial charge in [0, 0.05) is 12.1 Å². The van der Waals surface area contributed by atoms with Gasteiger partial charge in [0.25, 0.3) is 0 Å². The van der Waals surface area contributed by atoms with Crippen molar-refractivity contribution in [2.45, 2.75) is 19.1 Å². The van der Waals surface area contributed by atoms with Gasteiger partial charge in [0.2, 0.25) is 5.91 Å². The number of methoxy groups -OCH3 is 1. The molecule has 2 N–H and O–H groups in total. The van der Waals surface area contributed by atoms with Gasteiger partial charge in [0.1, 0.15) is 0 Å². The second kappa shape index (κ2) is 10.1. The molecule has 25 heavy (non-hydrogen) atoms. The van der Waals surface area contributed by atoms with Crippen molar-refractivity contribution in [3.63, 3.8) is 0 Å². The normalized spacial score (nSPS) is 11.4. The molecular weight excluding hydrogens is 320 g/mol. The van der Waals surface area contributed by atoms with Gasteiger partial charge in [-0.3, -0.25) is 10.1 Å². The van der Waals surface area contributed by atoms with Crippen LogP contribution in [0, 0.1) is 0 Å². The zero-order valence-electron chi connectivity index (χ0n) is 14.1. The fourth-order valence-electron chi connectivity index (χ4n) is 2.25. The molecule has 0 bridgehead atoms. The topological polar surface area (TPSA) is 76.7 Å². The summed E-state index contributed by atoms with van der Waals surface area (Å²) in [7, 11) is 1.21. The van der Waals surface area contributed by atoms with Crippen LogP contribution in [0.25, 0.3) is 0 Å². The van der Waals surface area contributed by atoms with Crippen LogP contribution in [0.2, 0.25) is 0 Å². The number of hydrogen-bond acceptors (Lipinski definition) is 5. The number of alkyl carbamates (subject to hydrolysis) is 1. The number of carbonyl (C=O) groups excluding carboxylic acids is 2. The molecule has 0 fully saturated rings. The third kappa shape index (κ3) is 7.05. The average molecular weight is 342 g/mol. The van der Waals surface area contributed by atoms with Crippen molar-refractivity contribution >= 4 is 17.7 Å². The van der Waals surface area contributed by atoms with Crippen LogP contribution in [0.4, 0.5) is 10.5 Å². The summed E-state index contributed by atoms with van der Waals surface area (Å²) in [5.41, 5.74) is 1.93. The van der Waals surface area contributed by atoms with E-state index in [0.717, 1.165) is 11.3 Å². The van der Waals surface area contributed by atoms with Crippen LogP contribution in [-0.2, 0) is 20.9 Å². The van der Waals surface area contributed by atoms with Crippen molar-refractivity contribution in [3.05, 3.63) is 66.2 Å². The molecule has 0 heterocycles. The van der Waals surface area contributed by atoms with E-state index in [-0.39, 0.29) is 12.5 Å². The fourth-order valence-corrected chi connectivity index (χ4v) is 2.25. The summed E-state index contributed by atoms with van der Waals surface area (Å²) in [6.07, 6.45) is -0.688. The number of imide groups is 1. The maximum Gasteiger partial charge on any atom is 0.413 e. The number of para-hydroxylation sites is 1. The molecule has 0 saturated heterocycles. The second-order valence-corrected chi connectivity index (χ2v) is 5.45. The number of carbonyl (C=O) groups is 2. The molecule has 6 nitrogen and oxygen atoms in total. The van der Waals surface area contributed by atoms with E-state index in [1.165, 1.54) is 7.11 Å². The first-order valence-corrected chi connectivity index (χ1v) is 7.98. The number of ether oxygens (including phenoxy) is 2. The molecule has 1 atom stereocenters. The second-order valence-electron chi connectivity index (χ2n) is 5.45. The molecule has 0 radical (unpaired) electrons. The van der Waals surface area contributed by atoms with Gasteiger partial charge >= 0.3 is 6.09 Å². The van der Waals surface area contributed by atoms with E-state index in [1.54, 1.807) is 0 Å². The van der Waals surface area contributed by atoms with E-state index in [2.05, 4.69) is 15.4 Å². The highest BCUT2D eigenvalue weighted by Crippen LogP contribution is 2.10. The highest BCUT2D eigenvalue weighted by atomic mass is 16.5. The summed E-state index contributed by atoms with van der Waals surface area (Å²) >= 11 is 0. The lowest BCUT2D eigenvalue weighted by Crippen LogP contribution is -2.36. The quantitative estimate of drug-likeness (QED) is 0.771. The lowest BCUT2D eigenvalue weighted by Gasteiger charge is -2.19. The zero-order chi connectivity index (χ0) is 17.9. The van der Waals surface area contributed by atoms with Gasteiger partial charge < -0.3 is 14.8 Å². The number of nitrogens with one attached hydrogen (secondary N) is 2. The van der Waals surface area contributed by atoms with Gasteiger partial charge in [-0.05, 0) is 17.7 Å². The Morgan fingerprint density at radius 2 is 1.64 bits per heavy atom. The standard InChI is InChI=1S/C19H22N2O4/c1-24-19(23)21-18(22)12-17(20-16-10-6-3-7-11-16)14-25-13-15-8-4-2-5-9-15/h2-11,17,20H,12-14H2,1H3,(H,21,22,23)/t17-/m1/s1. The summed E-state index contributed by atoms with van der Waals surface area (Å²) in [5, 5.41) is 5.41. The third-order valence-corrected chi connectivity index (χ3v) is 3.43. The first kappa shape index (κ1) is 18.5. The molecule has 0 saturated carbocycles. The third-order valence-electron chi connectivity index (χ3n) is 3.43. The summed E-state index contributed by atoms with van der Waals surface area (Å²) < 4.78 is 10.2. The Morgan fingerprint density at radius 1 is 1.00 bits per heavy atom. The maximum absolute atomic E-state index is 11.9. The number of rotatable bonds is 8. The average Bonchev–Trinajstić information content (AvgIpc) is 2.63. The van der Waals surface area contributed by atoms with E-state index in [1.807, 2.05) is 60.7 Å². The van der Waals surface area contributed by atoms with E-state index in [9.17, 15) is 9.59 Å². The van der Waals surface area contributed by atoms with Crippen LogP contribution in [-0.4, -0.2) is 31.8 Å². The maximum atomic E-state index is 11.9. The molecule has 2 aromatic rings. The number of hydrogen-bond donors (Lipinski definition) is 2. The molecule has 0 aromatic heterocycles. The first-order chi connectivity index (χ1) is 12.2. The number of amides is 2. The van der Waals surface area contributed by atoms with Crippen molar-refractivity contribution in [3.8, 4) is 0 Å². The van der Waals surface area contributed by atoms with E-state index >= 15 is 0 Å². The van der Waals surface area contributed by atoms with Gasteiger partial charge in [-0.15, -0.1) is 0 Å². The molecule has 6 heteroatoms. The van der Waals surface area contributed by atoms with Crippen molar-refractivity contribution in [1.29, 1.82) is 0 Å². The van der Waals surface area contributed by atoms with E-state index < -0.39 is 12.0 Å². The summed E-state index contributed by atoms with van der Waals surface area (Å²) in [6.45, 7) is 0.769. The highest BCUT2D eigenvalue weighted by molar-refractivity contribution is 5.92. The molecule has 2 aromatic carbocycles. The predicted octanol–water partition coefficient (Wildman–Crippen LogP) is 2.96. The number of benzene rings is 2. The summed E-state index contributed by atoms with van der Waals surface area (Å²) in [5.74, 6) is -0.427. The lowest BCUT2D eigenvalue weighted by molar-refractivity contribution is -0.120. The molecule has 2 rings (SSSR count). The molecular formula is C19H22N2O4. The minimum Gasteiger partial charge on any atom is -0.453 e. The largest absolute Gasteiger partial charge is 0.453 e. The minimum absolute atomic E-state index is 0.0821. The van der Waals surface area contributed by atoms with Gasteiger partial charge in [-0.25, -0.2) is 4.79 Å². The van der Waals surface area contributed by atoms with Crippen molar-refractivity contribution in [2.24, 2.45) is 0 Å².